The summed E-state index contributed by atoms with van der Waals surface area (Å²) in [5.74, 6) is 0. The maximum Gasteiger partial charge on any atom is 0.178 e. The number of rotatable bonds is 2. The van der Waals surface area contributed by atoms with Crippen LogP contribution < -0.4 is 0 Å². The summed E-state index contributed by atoms with van der Waals surface area (Å²) < 4.78 is 2.70. The van der Waals surface area contributed by atoms with E-state index in [9.17, 15) is 0 Å². The molecule has 0 spiro atoms. The predicted octanol–water partition coefficient (Wildman–Crippen LogP) is 4.10. The number of fused-ring (bicyclic) bond motifs is 1. The van der Waals surface area contributed by atoms with Gasteiger partial charge in [0.2, 0.25) is 0 Å². The van der Waals surface area contributed by atoms with E-state index in [1.54, 1.807) is 6.20 Å². The van der Waals surface area contributed by atoms with Crippen LogP contribution in [0.5, 0.6) is 0 Å². The van der Waals surface area contributed by atoms with Crippen LogP contribution >= 0.6 is 23.8 Å². The Morgan fingerprint density at radius 1 is 1.37 bits per heavy atom. The monoisotopic (exact) mass is 289 g/mol. The van der Waals surface area contributed by atoms with Crippen LogP contribution in [0.3, 0.4) is 0 Å². The molecule has 0 unspecified atom stereocenters. The van der Waals surface area contributed by atoms with Gasteiger partial charge in [-0.25, -0.2) is 0 Å². The predicted molar refractivity (Wildman–Crippen MR) is 80.2 cm³/mol. The van der Waals surface area contributed by atoms with Crippen molar-refractivity contribution in [3.8, 4) is 0 Å². The van der Waals surface area contributed by atoms with Gasteiger partial charge >= 0.3 is 0 Å². The Labute approximate surface area is 120 Å². The average molecular weight is 290 g/mol. The summed E-state index contributed by atoms with van der Waals surface area (Å²) >= 11 is 11.7. The Morgan fingerprint density at radius 3 is 3.00 bits per heavy atom. The zero-order valence-electron chi connectivity index (χ0n) is 10.4. The van der Waals surface area contributed by atoms with E-state index in [0.29, 0.717) is 16.3 Å². The largest absolute Gasteiger partial charge is 0.331 e. The highest BCUT2D eigenvalue weighted by atomic mass is 35.5. The van der Waals surface area contributed by atoms with Gasteiger partial charge in [0.05, 0.1) is 22.6 Å². The number of benzene rings is 1. The van der Waals surface area contributed by atoms with Crippen molar-refractivity contribution in [2.75, 3.05) is 0 Å². The molecule has 0 aliphatic rings. The summed E-state index contributed by atoms with van der Waals surface area (Å²) in [6.07, 6.45) is 3.65. The molecular weight excluding hydrogens is 278 g/mol. The van der Waals surface area contributed by atoms with Gasteiger partial charge in [0.25, 0.3) is 0 Å². The van der Waals surface area contributed by atoms with Gasteiger partial charge in [-0.3, -0.25) is 4.98 Å². The summed E-state index contributed by atoms with van der Waals surface area (Å²) in [4.78, 5) is 7.29. The summed E-state index contributed by atoms with van der Waals surface area (Å²) in [6, 6.07) is 7.78. The number of nitrogens with one attached hydrogen (secondary N) is 1. The Kier molecular flexibility index (Phi) is 3.12. The lowest BCUT2D eigenvalue weighted by Crippen LogP contribution is -2.02. The quantitative estimate of drug-likeness (QED) is 0.721. The lowest BCUT2D eigenvalue weighted by atomic mass is 10.1. The molecule has 5 heteroatoms. The van der Waals surface area contributed by atoms with Gasteiger partial charge in [-0.15, -0.1) is 0 Å². The number of imidazole rings is 1. The fraction of sp³-hybridized carbons (Fsp3) is 0.143. The second-order valence-electron chi connectivity index (χ2n) is 4.45. The fourth-order valence-electron chi connectivity index (χ4n) is 2.18. The average Bonchev–Trinajstić information content (AvgIpc) is 2.70. The molecule has 0 radical (unpaired) electrons. The maximum atomic E-state index is 6.28. The zero-order valence-corrected chi connectivity index (χ0v) is 11.9. The van der Waals surface area contributed by atoms with Crippen LogP contribution in [0.1, 0.15) is 11.1 Å². The smallest absolute Gasteiger partial charge is 0.178 e. The second-order valence-corrected chi connectivity index (χ2v) is 5.25. The number of H-pyrrole nitrogens is 1. The van der Waals surface area contributed by atoms with Gasteiger partial charge in [-0.2, -0.15) is 0 Å². The summed E-state index contributed by atoms with van der Waals surface area (Å²) in [5, 5.41) is 0.705. The van der Waals surface area contributed by atoms with Crippen LogP contribution in [-0.4, -0.2) is 14.5 Å². The van der Waals surface area contributed by atoms with Crippen molar-refractivity contribution in [3.63, 3.8) is 0 Å². The van der Waals surface area contributed by atoms with Gasteiger partial charge in [0, 0.05) is 12.4 Å². The lowest BCUT2D eigenvalue weighted by Gasteiger charge is -2.08. The maximum absolute atomic E-state index is 6.28. The Morgan fingerprint density at radius 2 is 2.21 bits per heavy atom. The molecule has 0 saturated heterocycles. The van der Waals surface area contributed by atoms with Gasteiger partial charge in [0.15, 0.2) is 4.77 Å². The fourth-order valence-corrected chi connectivity index (χ4v) is 2.72. The molecule has 2 aromatic heterocycles. The number of hydrogen-bond donors (Lipinski definition) is 1. The molecule has 1 aromatic carbocycles. The highest BCUT2D eigenvalue weighted by Crippen LogP contribution is 2.24. The van der Waals surface area contributed by atoms with Crippen molar-refractivity contribution >= 4 is 34.9 Å². The second kappa shape index (κ2) is 4.79. The number of aromatic amines is 1. The van der Waals surface area contributed by atoms with Crippen LogP contribution in [0.15, 0.2) is 36.7 Å². The molecule has 3 aromatic rings. The molecule has 19 heavy (non-hydrogen) atoms. The van der Waals surface area contributed by atoms with Crippen molar-refractivity contribution in [2.45, 2.75) is 13.5 Å². The third-order valence-electron chi connectivity index (χ3n) is 3.21. The van der Waals surface area contributed by atoms with Crippen molar-refractivity contribution in [3.05, 3.63) is 57.6 Å². The first-order chi connectivity index (χ1) is 9.16. The summed E-state index contributed by atoms with van der Waals surface area (Å²) in [7, 11) is 0. The van der Waals surface area contributed by atoms with Gasteiger partial charge < -0.3 is 9.55 Å². The molecule has 0 fully saturated rings. The number of para-hydroxylation sites is 1. The number of halogens is 1. The minimum absolute atomic E-state index is 0.680. The standard InChI is InChI=1S/C14H12ClN3S/c1-9-7-16-6-5-10(9)8-18-13-11(15)3-2-4-12(13)17-14(18)19/h2-7H,8H2,1H3,(H,17,19). The molecule has 3 rings (SSSR count). The lowest BCUT2D eigenvalue weighted by molar-refractivity contribution is 0.803. The molecule has 96 valence electrons. The van der Waals surface area contributed by atoms with Crippen LogP contribution in [0.25, 0.3) is 11.0 Å². The molecule has 0 amide bonds. The molecule has 0 aliphatic carbocycles. The highest BCUT2D eigenvalue weighted by Gasteiger charge is 2.09. The van der Waals surface area contributed by atoms with E-state index in [1.165, 1.54) is 5.56 Å². The van der Waals surface area contributed by atoms with Crippen molar-refractivity contribution < 1.29 is 0 Å². The Balaban J connectivity index is 2.19. The van der Waals surface area contributed by atoms with E-state index in [2.05, 4.69) is 9.97 Å². The zero-order chi connectivity index (χ0) is 13.4. The van der Waals surface area contributed by atoms with Crippen molar-refractivity contribution in [1.82, 2.24) is 14.5 Å². The molecule has 0 atom stereocenters. The van der Waals surface area contributed by atoms with Crippen molar-refractivity contribution in [1.29, 1.82) is 0 Å². The van der Waals surface area contributed by atoms with Crippen LogP contribution in [0.2, 0.25) is 5.02 Å². The summed E-state index contributed by atoms with van der Waals surface area (Å²) in [5.41, 5.74) is 4.24. The summed E-state index contributed by atoms with van der Waals surface area (Å²) in [6.45, 7) is 2.74. The normalized spacial score (nSPS) is 11.1. The minimum atomic E-state index is 0.680. The number of pyridine rings is 1. The van der Waals surface area contributed by atoms with Crippen LogP contribution in [-0.2, 0) is 6.54 Å². The number of nitrogens with zero attached hydrogens (tertiary/aromatic N) is 2. The van der Waals surface area contributed by atoms with Gasteiger partial charge in [-0.05, 0) is 48.5 Å². The van der Waals surface area contributed by atoms with E-state index in [1.807, 2.05) is 42.0 Å². The third kappa shape index (κ3) is 2.17. The molecule has 0 aliphatic heterocycles. The van der Waals surface area contributed by atoms with Gasteiger partial charge in [0.1, 0.15) is 0 Å². The molecule has 1 N–H and O–H groups in total. The van der Waals surface area contributed by atoms with Crippen molar-refractivity contribution in [2.24, 2.45) is 0 Å². The Bertz CT molecular complexity index is 804. The molecule has 0 bridgehead atoms. The van der Waals surface area contributed by atoms with Crippen LogP contribution in [0, 0.1) is 11.7 Å². The molecular formula is C14H12ClN3S. The first-order valence-electron chi connectivity index (χ1n) is 5.93. The van der Waals surface area contributed by atoms with E-state index >= 15 is 0 Å². The number of aryl methyl sites for hydroxylation is 1. The van der Waals surface area contributed by atoms with Gasteiger partial charge in [-0.1, -0.05) is 17.7 Å². The van der Waals surface area contributed by atoms with E-state index in [0.717, 1.165) is 16.6 Å². The molecule has 2 heterocycles. The van der Waals surface area contributed by atoms with Crippen LogP contribution in [0.4, 0.5) is 0 Å². The molecule has 3 nitrogen and oxygen atoms in total. The van der Waals surface area contributed by atoms with E-state index < -0.39 is 0 Å². The third-order valence-corrected chi connectivity index (χ3v) is 3.84. The first-order valence-corrected chi connectivity index (χ1v) is 6.72. The highest BCUT2D eigenvalue weighted by molar-refractivity contribution is 7.71. The first kappa shape index (κ1) is 12.4. The number of aromatic nitrogens is 3. The minimum Gasteiger partial charge on any atom is -0.331 e. The topological polar surface area (TPSA) is 33.6 Å². The van der Waals surface area contributed by atoms with E-state index in [-0.39, 0.29) is 0 Å². The number of hydrogen-bond acceptors (Lipinski definition) is 2. The van der Waals surface area contributed by atoms with E-state index in [4.69, 9.17) is 23.8 Å². The SMILES string of the molecule is Cc1cnccc1Cn1c(=S)[nH]c2cccc(Cl)c21. The molecule has 0 saturated carbocycles. The Hall–Kier alpha value is -1.65.